The van der Waals surface area contributed by atoms with E-state index < -0.39 is 0 Å². The third kappa shape index (κ3) is 3.11. The van der Waals surface area contributed by atoms with E-state index in [0.29, 0.717) is 13.0 Å². The average Bonchev–Trinajstić information content (AvgIpc) is 2.22. The molecule has 0 atom stereocenters. The van der Waals surface area contributed by atoms with Crippen LogP contribution < -0.4 is 9.47 Å². The molecular formula is C11H15BrO3. The van der Waals surface area contributed by atoms with Crippen LogP contribution >= 0.6 is 15.9 Å². The SMILES string of the molecule is CCOc1cc(OC)c(Br)cc1CCO. The quantitative estimate of drug-likeness (QED) is 0.896. The van der Waals surface area contributed by atoms with Crippen LogP contribution in [0.5, 0.6) is 11.5 Å². The molecule has 0 amide bonds. The molecule has 0 unspecified atom stereocenters. The Morgan fingerprint density at radius 3 is 2.60 bits per heavy atom. The van der Waals surface area contributed by atoms with E-state index in [1.165, 1.54) is 0 Å². The summed E-state index contributed by atoms with van der Waals surface area (Å²) in [6.45, 7) is 2.64. The van der Waals surface area contributed by atoms with Gasteiger partial charge in [-0.1, -0.05) is 0 Å². The second kappa shape index (κ2) is 5.98. The molecule has 0 aromatic heterocycles. The van der Waals surface area contributed by atoms with Crippen molar-refractivity contribution in [3.63, 3.8) is 0 Å². The van der Waals surface area contributed by atoms with E-state index in [1.54, 1.807) is 7.11 Å². The third-order valence-corrected chi connectivity index (χ3v) is 2.64. The molecule has 0 aliphatic heterocycles. The lowest BCUT2D eigenvalue weighted by Gasteiger charge is -2.12. The second-order valence-corrected chi connectivity index (χ2v) is 3.86. The first kappa shape index (κ1) is 12.3. The maximum Gasteiger partial charge on any atom is 0.136 e. The second-order valence-electron chi connectivity index (χ2n) is 3.00. The topological polar surface area (TPSA) is 38.7 Å². The molecule has 3 nitrogen and oxygen atoms in total. The van der Waals surface area contributed by atoms with Gasteiger partial charge in [0.05, 0.1) is 18.2 Å². The molecule has 1 aromatic rings. The van der Waals surface area contributed by atoms with E-state index in [4.69, 9.17) is 14.6 Å². The van der Waals surface area contributed by atoms with Crippen LogP contribution in [0.25, 0.3) is 0 Å². The number of halogens is 1. The van der Waals surface area contributed by atoms with Crippen LogP contribution in [0, 0.1) is 0 Å². The number of hydrogen-bond acceptors (Lipinski definition) is 3. The zero-order valence-electron chi connectivity index (χ0n) is 8.92. The van der Waals surface area contributed by atoms with Crippen LogP contribution in [-0.4, -0.2) is 25.4 Å². The van der Waals surface area contributed by atoms with Gasteiger partial charge >= 0.3 is 0 Å². The maximum absolute atomic E-state index is 8.93. The highest BCUT2D eigenvalue weighted by Gasteiger charge is 2.09. The largest absolute Gasteiger partial charge is 0.495 e. The molecule has 0 aliphatic rings. The monoisotopic (exact) mass is 274 g/mol. The Balaban J connectivity index is 3.07. The van der Waals surface area contributed by atoms with Crippen LogP contribution in [0.15, 0.2) is 16.6 Å². The Morgan fingerprint density at radius 1 is 1.33 bits per heavy atom. The summed E-state index contributed by atoms with van der Waals surface area (Å²) >= 11 is 3.40. The number of hydrogen-bond donors (Lipinski definition) is 1. The molecule has 4 heteroatoms. The summed E-state index contributed by atoms with van der Waals surface area (Å²) < 4.78 is 11.5. The zero-order chi connectivity index (χ0) is 11.3. The van der Waals surface area contributed by atoms with Gasteiger partial charge in [-0.15, -0.1) is 0 Å². The van der Waals surface area contributed by atoms with Crippen LogP contribution in [0.4, 0.5) is 0 Å². The average molecular weight is 275 g/mol. The summed E-state index contributed by atoms with van der Waals surface area (Å²) in [6, 6.07) is 3.75. The van der Waals surface area contributed by atoms with Crippen molar-refractivity contribution < 1.29 is 14.6 Å². The molecule has 84 valence electrons. The Hall–Kier alpha value is -0.740. The van der Waals surface area contributed by atoms with Gasteiger partial charge in [-0.25, -0.2) is 0 Å². The summed E-state index contributed by atoms with van der Waals surface area (Å²) in [5.74, 6) is 1.51. The van der Waals surface area contributed by atoms with E-state index in [0.717, 1.165) is 21.5 Å². The van der Waals surface area contributed by atoms with Crippen molar-refractivity contribution in [2.75, 3.05) is 20.3 Å². The first-order chi connectivity index (χ1) is 7.22. The van der Waals surface area contributed by atoms with Gasteiger partial charge in [-0.3, -0.25) is 0 Å². The fraction of sp³-hybridized carbons (Fsp3) is 0.455. The van der Waals surface area contributed by atoms with Crippen molar-refractivity contribution in [3.8, 4) is 11.5 Å². The number of benzene rings is 1. The zero-order valence-corrected chi connectivity index (χ0v) is 10.5. The number of aliphatic hydroxyl groups is 1. The molecule has 15 heavy (non-hydrogen) atoms. The van der Waals surface area contributed by atoms with Gasteiger partial charge in [-0.2, -0.15) is 0 Å². The molecular weight excluding hydrogens is 260 g/mol. The van der Waals surface area contributed by atoms with Gasteiger partial charge in [0.2, 0.25) is 0 Å². The Labute approximate surface area is 98.1 Å². The van der Waals surface area contributed by atoms with Crippen LogP contribution in [0.3, 0.4) is 0 Å². The molecule has 0 bridgehead atoms. The standard InChI is InChI=1S/C11H15BrO3/c1-3-15-10-7-11(14-2)9(12)6-8(10)4-5-13/h6-7,13H,3-5H2,1-2H3. The van der Waals surface area contributed by atoms with Crippen LogP contribution in [0.2, 0.25) is 0 Å². The van der Waals surface area contributed by atoms with Gasteiger partial charge in [-0.05, 0) is 40.9 Å². The molecule has 1 rings (SSSR count). The number of ether oxygens (including phenoxy) is 2. The van der Waals surface area contributed by atoms with E-state index in [9.17, 15) is 0 Å². The smallest absolute Gasteiger partial charge is 0.136 e. The predicted molar refractivity (Wildman–Crippen MR) is 62.7 cm³/mol. The van der Waals surface area contributed by atoms with Crippen LogP contribution in [0.1, 0.15) is 12.5 Å². The van der Waals surface area contributed by atoms with Gasteiger partial charge in [0, 0.05) is 12.7 Å². The molecule has 0 fully saturated rings. The molecule has 0 aliphatic carbocycles. The Kier molecular flexibility index (Phi) is 4.91. The lowest BCUT2D eigenvalue weighted by Crippen LogP contribution is -2.00. The van der Waals surface area contributed by atoms with Crippen molar-refractivity contribution in [1.82, 2.24) is 0 Å². The number of rotatable bonds is 5. The van der Waals surface area contributed by atoms with Crippen molar-refractivity contribution >= 4 is 15.9 Å². The number of aliphatic hydroxyl groups excluding tert-OH is 1. The van der Waals surface area contributed by atoms with Gasteiger partial charge < -0.3 is 14.6 Å². The first-order valence-corrected chi connectivity index (χ1v) is 5.62. The molecule has 0 spiro atoms. The molecule has 1 N–H and O–H groups in total. The highest BCUT2D eigenvalue weighted by molar-refractivity contribution is 9.10. The molecule has 0 radical (unpaired) electrons. The molecule has 0 heterocycles. The van der Waals surface area contributed by atoms with E-state index in [2.05, 4.69) is 15.9 Å². The maximum atomic E-state index is 8.93. The van der Waals surface area contributed by atoms with E-state index >= 15 is 0 Å². The third-order valence-electron chi connectivity index (χ3n) is 2.02. The summed E-state index contributed by atoms with van der Waals surface area (Å²) in [6.07, 6.45) is 0.581. The molecule has 1 aromatic carbocycles. The minimum absolute atomic E-state index is 0.110. The fourth-order valence-corrected chi connectivity index (χ4v) is 1.89. The van der Waals surface area contributed by atoms with Crippen molar-refractivity contribution in [3.05, 3.63) is 22.2 Å². The summed E-state index contributed by atoms with van der Waals surface area (Å²) in [5.41, 5.74) is 0.979. The lowest BCUT2D eigenvalue weighted by molar-refractivity contribution is 0.291. The van der Waals surface area contributed by atoms with E-state index in [1.807, 2.05) is 19.1 Å². The van der Waals surface area contributed by atoms with Crippen molar-refractivity contribution in [2.24, 2.45) is 0 Å². The Morgan fingerprint density at radius 2 is 2.07 bits per heavy atom. The highest BCUT2D eigenvalue weighted by Crippen LogP contribution is 2.33. The summed E-state index contributed by atoms with van der Waals surface area (Å²) in [5, 5.41) is 8.93. The number of methoxy groups -OCH3 is 1. The summed E-state index contributed by atoms with van der Waals surface area (Å²) in [4.78, 5) is 0. The minimum Gasteiger partial charge on any atom is -0.495 e. The normalized spacial score (nSPS) is 10.1. The molecule has 0 saturated heterocycles. The predicted octanol–water partition coefficient (Wildman–Crippen LogP) is 2.39. The Bertz CT molecular complexity index is 326. The molecule has 0 saturated carbocycles. The first-order valence-electron chi connectivity index (χ1n) is 4.83. The van der Waals surface area contributed by atoms with Gasteiger partial charge in [0.25, 0.3) is 0 Å². The van der Waals surface area contributed by atoms with Gasteiger partial charge in [0.15, 0.2) is 0 Å². The van der Waals surface area contributed by atoms with Crippen molar-refractivity contribution in [2.45, 2.75) is 13.3 Å². The van der Waals surface area contributed by atoms with Crippen LogP contribution in [-0.2, 0) is 6.42 Å². The van der Waals surface area contributed by atoms with E-state index in [-0.39, 0.29) is 6.61 Å². The summed E-state index contributed by atoms with van der Waals surface area (Å²) in [7, 11) is 1.61. The lowest BCUT2D eigenvalue weighted by atomic mass is 10.1. The van der Waals surface area contributed by atoms with Gasteiger partial charge in [0.1, 0.15) is 11.5 Å². The minimum atomic E-state index is 0.110. The van der Waals surface area contributed by atoms with Crippen molar-refractivity contribution in [1.29, 1.82) is 0 Å². The fourth-order valence-electron chi connectivity index (χ4n) is 1.34. The highest BCUT2D eigenvalue weighted by atomic mass is 79.9.